The predicted molar refractivity (Wildman–Crippen MR) is 89.5 cm³/mol. The van der Waals surface area contributed by atoms with Crippen LogP contribution in [-0.4, -0.2) is 18.4 Å². The number of halogens is 1. The molecule has 0 heterocycles. The fraction of sp³-hybridized carbons (Fsp3) is 0.176. The maximum atomic E-state index is 11.8. The number of benzene rings is 2. The molecular weight excluding hydrogens is 316 g/mol. The Balaban J connectivity index is 1.83. The fourth-order valence-electron chi connectivity index (χ4n) is 1.85. The molecule has 2 aromatic carbocycles. The van der Waals surface area contributed by atoms with Gasteiger partial charge in [-0.15, -0.1) is 0 Å². The van der Waals surface area contributed by atoms with Gasteiger partial charge in [0.1, 0.15) is 5.75 Å². The van der Waals surface area contributed by atoms with Gasteiger partial charge in [0.2, 0.25) is 0 Å². The lowest BCUT2D eigenvalue weighted by Crippen LogP contribution is -2.34. The summed E-state index contributed by atoms with van der Waals surface area (Å²) in [6.07, 6.45) is 0. The molecule has 0 aliphatic heterocycles. The van der Waals surface area contributed by atoms with E-state index < -0.39 is 11.8 Å². The van der Waals surface area contributed by atoms with Crippen LogP contribution in [0.3, 0.4) is 0 Å². The number of amides is 2. The van der Waals surface area contributed by atoms with Crippen LogP contribution in [0.2, 0.25) is 5.02 Å². The summed E-state index contributed by atoms with van der Waals surface area (Å²) in [5, 5.41) is 5.62. The number of rotatable bonds is 5. The van der Waals surface area contributed by atoms with Crippen molar-refractivity contribution < 1.29 is 14.3 Å². The Hall–Kier alpha value is -2.53. The molecule has 0 unspecified atom stereocenters. The van der Waals surface area contributed by atoms with Gasteiger partial charge in [0.25, 0.3) is 0 Å². The van der Waals surface area contributed by atoms with Gasteiger partial charge in [0, 0.05) is 17.3 Å². The molecule has 0 bridgehead atoms. The van der Waals surface area contributed by atoms with E-state index in [1.165, 1.54) is 0 Å². The van der Waals surface area contributed by atoms with Gasteiger partial charge < -0.3 is 15.4 Å². The first-order valence-corrected chi connectivity index (χ1v) is 7.52. The van der Waals surface area contributed by atoms with Crippen LogP contribution in [0.1, 0.15) is 12.5 Å². The first-order chi connectivity index (χ1) is 11.1. The molecule has 0 saturated heterocycles. The molecule has 23 heavy (non-hydrogen) atoms. The second-order valence-corrected chi connectivity index (χ2v) is 5.16. The molecule has 0 fully saturated rings. The Kier molecular flexibility index (Phi) is 6.00. The highest BCUT2D eigenvalue weighted by atomic mass is 35.5. The van der Waals surface area contributed by atoms with Crippen molar-refractivity contribution in [3.8, 4) is 5.75 Å². The molecule has 0 aromatic heterocycles. The summed E-state index contributed by atoms with van der Waals surface area (Å²) in [5.41, 5.74) is 1.39. The number of anilines is 1. The van der Waals surface area contributed by atoms with Crippen molar-refractivity contribution in [2.24, 2.45) is 0 Å². The van der Waals surface area contributed by atoms with Gasteiger partial charge in [-0.05, 0) is 48.9 Å². The molecule has 2 amide bonds. The van der Waals surface area contributed by atoms with Crippen molar-refractivity contribution in [2.45, 2.75) is 13.5 Å². The van der Waals surface area contributed by atoms with Gasteiger partial charge >= 0.3 is 11.8 Å². The Labute approximate surface area is 139 Å². The molecular formula is C17H17ClN2O3. The zero-order chi connectivity index (χ0) is 16.7. The topological polar surface area (TPSA) is 67.4 Å². The largest absolute Gasteiger partial charge is 0.494 e. The standard InChI is InChI=1S/C17H17ClN2O3/c1-2-23-15-9-3-12(4-10-15)11-19-16(21)17(22)20-14-7-5-13(18)6-8-14/h3-10H,2,11H2,1H3,(H,19,21)(H,20,22). The minimum atomic E-state index is -0.724. The van der Waals surface area contributed by atoms with Gasteiger partial charge in [0.05, 0.1) is 6.61 Å². The van der Waals surface area contributed by atoms with E-state index in [0.717, 1.165) is 11.3 Å². The lowest BCUT2D eigenvalue weighted by atomic mass is 10.2. The molecule has 2 rings (SSSR count). The molecule has 0 aliphatic rings. The molecule has 0 aliphatic carbocycles. The van der Waals surface area contributed by atoms with Crippen LogP contribution in [0.25, 0.3) is 0 Å². The van der Waals surface area contributed by atoms with Crippen LogP contribution in [0.4, 0.5) is 5.69 Å². The van der Waals surface area contributed by atoms with Gasteiger partial charge in [-0.1, -0.05) is 23.7 Å². The van der Waals surface area contributed by atoms with E-state index in [1.54, 1.807) is 24.3 Å². The smallest absolute Gasteiger partial charge is 0.313 e. The molecule has 6 heteroatoms. The highest BCUT2D eigenvalue weighted by Crippen LogP contribution is 2.13. The minimum Gasteiger partial charge on any atom is -0.494 e. The first-order valence-electron chi connectivity index (χ1n) is 7.15. The molecule has 120 valence electrons. The van der Waals surface area contributed by atoms with Gasteiger partial charge in [0.15, 0.2) is 0 Å². The molecule has 0 radical (unpaired) electrons. The Bertz CT molecular complexity index is 669. The monoisotopic (exact) mass is 332 g/mol. The normalized spacial score (nSPS) is 10.0. The van der Waals surface area contributed by atoms with Crippen LogP contribution in [0.15, 0.2) is 48.5 Å². The molecule has 0 saturated carbocycles. The van der Waals surface area contributed by atoms with Crippen LogP contribution in [0.5, 0.6) is 5.75 Å². The van der Waals surface area contributed by atoms with Gasteiger partial charge in [-0.3, -0.25) is 9.59 Å². The first kappa shape index (κ1) is 16.8. The van der Waals surface area contributed by atoms with Crippen LogP contribution in [-0.2, 0) is 16.1 Å². The zero-order valence-corrected chi connectivity index (χ0v) is 13.4. The van der Waals surface area contributed by atoms with Crippen molar-refractivity contribution in [2.75, 3.05) is 11.9 Å². The van der Waals surface area contributed by atoms with Crippen LogP contribution in [0, 0.1) is 0 Å². The molecule has 2 N–H and O–H groups in total. The zero-order valence-electron chi connectivity index (χ0n) is 12.6. The maximum Gasteiger partial charge on any atom is 0.313 e. The SMILES string of the molecule is CCOc1ccc(CNC(=O)C(=O)Nc2ccc(Cl)cc2)cc1. The molecule has 0 atom stereocenters. The quantitative estimate of drug-likeness (QED) is 0.827. The van der Waals surface area contributed by atoms with E-state index in [2.05, 4.69) is 10.6 Å². The summed E-state index contributed by atoms with van der Waals surface area (Å²) in [6, 6.07) is 13.8. The summed E-state index contributed by atoms with van der Waals surface area (Å²) in [7, 11) is 0. The van der Waals surface area contributed by atoms with E-state index in [0.29, 0.717) is 17.3 Å². The average molecular weight is 333 g/mol. The third-order valence-corrected chi connectivity index (χ3v) is 3.25. The second-order valence-electron chi connectivity index (χ2n) is 4.72. The summed E-state index contributed by atoms with van der Waals surface area (Å²) in [6.45, 7) is 2.77. The van der Waals surface area contributed by atoms with E-state index in [4.69, 9.17) is 16.3 Å². The van der Waals surface area contributed by atoms with Crippen molar-refractivity contribution >= 4 is 29.1 Å². The Morgan fingerprint density at radius 3 is 2.26 bits per heavy atom. The lowest BCUT2D eigenvalue weighted by Gasteiger charge is -2.08. The number of carbonyl (C=O) groups is 2. The molecule has 5 nitrogen and oxygen atoms in total. The Morgan fingerprint density at radius 2 is 1.65 bits per heavy atom. The molecule has 2 aromatic rings. The number of ether oxygens (including phenoxy) is 1. The van der Waals surface area contributed by atoms with E-state index >= 15 is 0 Å². The maximum absolute atomic E-state index is 11.8. The summed E-state index contributed by atoms with van der Waals surface area (Å²) in [5.74, 6) is -0.657. The van der Waals surface area contributed by atoms with Gasteiger partial charge in [-0.25, -0.2) is 0 Å². The fourth-order valence-corrected chi connectivity index (χ4v) is 1.98. The van der Waals surface area contributed by atoms with Crippen molar-refractivity contribution in [1.82, 2.24) is 5.32 Å². The number of nitrogens with one attached hydrogen (secondary N) is 2. The summed E-state index contributed by atoms with van der Waals surface area (Å²) >= 11 is 5.76. The third kappa shape index (κ3) is 5.30. The average Bonchev–Trinajstić information content (AvgIpc) is 2.56. The van der Waals surface area contributed by atoms with Crippen molar-refractivity contribution in [3.05, 3.63) is 59.1 Å². The summed E-state index contributed by atoms with van der Waals surface area (Å²) in [4.78, 5) is 23.6. The Morgan fingerprint density at radius 1 is 1.00 bits per heavy atom. The predicted octanol–water partition coefficient (Wildman–Crippen LogP) is 2.99. The highest BCUT2D eigenvalue weighted by molar-refractivity contribution is 6.39. The van der Waals surface area contributed by atoms with Crippen molar-refractivity contribution in [1.29, 1.82) is 0 Å². The van der Waals surface area contributed by atoms with E-state index in [-0.39, 0.29) is 6.54 Å². The van der Waals surface area contributed by atoms with Gasteiger partial charge in [-0.2, -0.15) is 0 Å². The van der Waals surface area contributed by atoms with E-state index in [1.807, 2.05) is 31.2 Å². The lowest BCUT2D eigenvalue weighted by molar-refractivity contribution is -0.136. The van der Waals surface area contributed by atoms with Crippen molar-refractivity contribution in [3.63, 3.8) is 0 Å². The van der Waals surface area contributed by atoms with Crippen LogP contribution >= 0.6 is 11.6 Å². The van der Waals surface area contributed by atoms with Crippen LogP contribution < -0.4 is 15.4 Å². The van der Waals surface area contributed by atoms with E-state index in [9.17, 15) is 9.59 Å². The molecule has 0 spiro atoms. The minimum absolute atomic E-state index is 0.263. The summed E-state index contributed by atoms with van der Waals surface area (Å²) < 4.78 is 5.34. The number of carbonyl (C=O) groups excluding carboxylic acids is 2. The highest BCUT2D eigenvalue weighted by Gasteiger charge is 2.13. The number of hydrogen-bond donors (Lipinski definition) is 2. The third-order valence-electron chi connectivity index (χ3n) is 3.00. The second kappa shape index (κ2) is 8.19. The number of hydrogen-bond acceptors (Lipinski definition) is 3.